The van der Waals surface area contributed by atoms with E-state index >= 15 is 0 Å². The minimum atomic E-state index is -0.457. The molecule has 0 bridgehead atoms. The van der Waals surface area contributed by atoms with E-state index in [0.717, 1.165) is 18.4 Å². The van der Waals surface area contributed by atoms with Gasteiger partial charge in [-0.25, -0.2) is 0 Å². The molecule has 0 heterocycles. The van der Waals surface area contributed by atoms with Crippen LogP contribution in [-0.4, -0.2) is 11.2 Å². The van der Waals surface area contributed by atoms with E-state index in [1.165, 1.54) is 0 Å². The summed E-state index contributed by atoms with van der Waals surface area (Å²) in [4.78, 5) is 12.1. The molecule has 0 amide bonds. The molecule has 0 radical (unpaired) electrons. The molecular formula is C13H14Cl2O. The molecule has 0 N–H and O–H groups in total. The number of carbonyl (C=O) groups excluding carboxylic acids is 1. The maximum absolute atomic E-state index is 12.1. The maximum atomic E-state index is 12.1. The van der Waals surface area contributed by atoms with Crippen LogP contribution in [0.1, 0.15) is 31.7 Å². The van der Waals surface area contributed by atoms with E-state index in [1.54, 1.807) is 0 Å². The van der Waals surface area contributed by atoms with Gasteiger partial charge in [0, 0.05) is 11.4 Å². The van der Waals surface area contributed by atoms with Crippen LogP contribution in [0, 0.1) is 0 Å². The second kappa shape index (κ2) is 4.38. The molecule has 1 aromatic rings. The van der Waals surface area contributed by atoms with Crippen molar-refractivity contribution in [3.63, 3.8) is 0 Å². The van der Waals surface area contributed by atoms with Crippen LogP contribution in [0.2, 0.25) is 5.02 Å². The molecule has 1 fully saturated rings. The van der Waals surface area contributed by atoms with Crippen molar-refractivity contribution in [1.82, 2.24) is 0 Å². The van der Waals surface area contributed by atoms with Crippen LogP contribution >= 0.6 is 23.2 Å². The second-order valence-electron chi connectivity index (χ2n) is 4.26. The minimum absolute atomic E-state index is 0.0684. The van der Waals surface area contributed by atoms with Crippen molar-refractivity contribution in [3.8, 4) is 0 Å². The van der Waals surface area contributed by atoms with Crippen LogP contribution in [0.4, 0.5) is 0 Å². The normalized spacial score (nSPS) is 28.6. The highest BCUT2D eigenvalue weighted by Crippen LogP contribution is 2.48. The lowest BCUT2D eigenvalue weighted by Gasteiger charge is -2.45. The van der Waals surface area contributed by atoms with Gasteiger partial charge in [0.05, 0.1) is 10.8 Å². The van der Waals surface area contributed by atoms with Gasteiger partial charge in [0.25, 0.3) is 0 Å². The summed E-state index contributed by atoms with van der Waals surface area (Å²) in [7, 11) is 0. The first kappa shape index (κ1) is 11.9. The molecule has 86 valence electrons. The Kier molecular flexibility index (Phi) is 3.27. The first-order valence-electron chi connectivity index (χ1n) is 5.54. The van der Waals surface area contributed by atoms with Gasteiger partial charge in [-0.1, -0.05) is 30.7 Å². The zero-order valence-electron chi connectivity index (χ0n) is 9.17. The number of hydrogen-bond donors (Lipinski definition) is 0. The third kappa shape index (κ3) is 1.66. The molecule has 2 rings (SSSR count). The number of rotatable bonds is 3. The zero-order valence-corrected chi connectivity index (χ0v) is 10.7. The molecule has 0 saturated heterocycles. The summed E-state index contributed by atoms with van der Waals surface area (Å²) in [5.41, 5.74) is 0.552. The lowest BCUT2D eigenvalue weighted by molar-refractivity contribution is -0.127. The Bertz CT molecular complexity index is 399. The zero-order chi connectivity index (χ0) is 11.8. The summed E-state index contributed by atoms with van der Waals surface area (Å²) >= 11 is 12.1. The summed E-state index contributed by atoms with van der Waals surface area (Å²) < 4.78 is 0. The first-order chi connectivity index (χ1) is 7.61. The third-order valence-electron chi connectivity index (χ3n) is 3.50. The maximum Gasteiger partial charge on any atom is 0.144 e. The van der Waals surface area contributed by atoms with Gasteiger partial charge in [0.1, 0.15) is 5.78 Å². The van der Waals surface area contributed by atoms with Gasteiger partial charge in [-0.2, -0.15) is 0 Å². The highest BCUT2D eigenvalue weighted by molar-refractivity contribution is 6.30. The molecule has 16 heavy (non-hydrogen) atoms. The lowest BCUT2D eigenvalue weighted by atomic mass is 9.61. The summed E-state index contributed by atoms with van der Waals surface area (Å²) in [6, 6.07) is 7.49. The van der Waals surface area contributed by atoms with Crippen LogP contribution in [0.5, 0.6) is 0 Å². The Labute approximate surface area is 106 Å². The fourth-order valence-electron chi connectivity index (χ4n) is 2.41. The molecule has 1 aliphatic rings. The summed E-state index contributed by atoms with van der Waals surface area (Å²) in [5, 5.41) is 0.620. The van der Waals surface area contributed by atoms with Gasteiger partial charge in [-0.05, 0) is 30.5 Å². The number of alkyl halides is 1. The van der Waals surface area contributed by atoms with E-state index in [2.05, 4.69) is 0 Å². The highest BCUT2D eigenvalue weighted by Gasteiger charge is 2.51. The van der Waals surface area contributed by atoms with E-state index in [0.29, 0.717) is 11.4 Å². The number of carbonyl (C=O) groups is 1. The Hall–Kier alpha value is -0.530. The SMILES string of the molecule is CCC(=O)C1(c2ccc(Cl)cc2)CCC1Cl. The van der Waals surface area contributed by atoms with E-state index < -0.39 is 5.41 Å². The van der Waals surface area contributed by atoms with Crippen molar-refractivity contribution in [1.29, 1.82) is 0 Å². The van der Waals surface area contributed by atoms with Crippen molar-refractivity contribution in [2.75, 3.05) is 0 Å². The minimum Gasteiger partial charge on any atom is -0.299 e. The molecule has 0 aromatic heterocycles. The highest BCUT2D eigenvalue weighted by atomic mass is 35.5. The van der Waals surface area contributed by atoms with Gasteiger partial charge >= 0.3 is 0 Å². The number of Topliss-reactive ketones (excluding diaryl/α,β-unsaturated/α-hetero) is 1. The molecule has 0 spiro atoms. The third-order valence-corrected chi connectivity index (χ3v) is 4.35. The largest absolute Gasteiger partial charge is 0.299 e. The van der Waals surface area contributed by atoms with Crippen molar-refractivity contribution in [2.45, 2.75) is 37.0 Å². The van der Waals surface area contributed by atoms with Crippen LogP contribution < -0.4 is 0 Å². The molecule has 1 aromatic carbocycles. The van der Waals surface area contributed by atoms with Crippen LogP contribution in [-0.2, 0) is 10.2 Å². The standard InChI is InChI=1S/C13H14Cl2O/c1-2-12(16)13(8-7-11(13)15)9-3-5-10(14)6-4-9/h3-6,11H,2,7-8H2,1H3. The van der Waals surface area contributed by atoms with E-state index in [4.69, 9.17) is 23.2 Å². The van der Waals surface area contributed by atoms with Crippen LogP contribution in [0.3, 0.4) is 0 Å². The smallest absolute Gasteiger partial charge is 0.144 e. The van der Waals surface area contributed by atoms with Crippen molar-refractivity contribution >= 4 is 29.0 Å². The molecule has 2 unspecified atom stereocenters. The average Bonchev–Trinajstić information content (AvgIpc) is 2.30. The summed E-state index contributed by atoms with van der Waals surface area (Å²) in [5.74, 6) is 0.237. The van der Waals surface area contributed by atoms with Crippen LogP contribution in [0.25, 0.3) is 0 Å². The van der Waals surface area contributed by atoms with E-state index in [1.807, 2.05) is 31.2 Å². The number of hydrogen-bond acceptors (Lipinski definition) is 1. The fourth-order valence-corrected chi connectivity index (χ4v) is 3.00. The Morgan fingerprint density at radius 3 is 2.44 bits per heavy atom. The fraction of sp³-hybridized carbons (Fsp3) is 0.462. The van der Waals surface area contributed by atoms with Crippen molar-refractivity contribution in [2.24, 2.45) is 0 Å². The van der Waals surface area contributed by atoms with Crippen LogP contribution in [0.15, 0.2) is 24.3 Å². The predicted molar refractivity (Wildman–Crippen MR) is 67.3 cm³/mol. The summed E-state index contributed by atoms with van der Waals surface area (Å²) in [6.45, 7) is 1.89. The first-order valence-corrected chi connectivity index (χ1v) is 6.36. The van der Waals surface area contributed by atoms with Gasteiger partial charge in [0.15, 0.2) is 0 Å². The molecular weight excluding hydrogens is 243 g/mol. The molecule has 2 atom stereocenters. The quantitative estimate of drug-likeness (QED) is 0.749. The molecule has 1 aliphatic carbocycles. The Morgan fingerprint density at radius 1 is 1.44 bits per heavy atom. The second-order valence-corrected chi connectivity index (χ2v) is 5.22. The molecule has 3 heteroatoms. The van der Waals surface area contributed by atoms with Gasteiger partial charge in [-0.3, -0.25) is 4.79 Å². The number of halogens is 2. The Morgan fingerprint density at radius 2 is 2.06 bits per heavy atom. The molecule has 1 nitrogen and oxygen atoms in total. The van der Waals surface area contributed by atoms with Gasteiger partial charge in [0.2, 0.25) is 0 Å². The van der Waals surface area contributed by atoms with E-state index in [-0.39, 0.29) is 11.2 Å². The average molecular weight is 257 g/mol. The van der Waals surface area contributed by atoms with Gasteiger partial charge < -0.3 is 0 Å². The molecule has 1 saturated carbocycles. The Balaban J connectivity index is 2.41. The topological polar surface area (TPSA) is 17.1 Å². The van der Waals surface area contributed by atoms with Gasteiger partial charge in [-0.15, -0.1) is 11.6 Å². The summed E-state index contributed by atoms with van der Waals surface area (Å²) in [6.07, 6.45) is 2.30. The number of ketones is 1. The van der Waals surface area contributed by atoms with Crippen molar-refractivity contribution in [3.05, 3.63) is 34.9 Å². The lowest BCUT2D eigenvalue weighted by Crippen LogP contribution is -2.51. The predicted octanol–water partition coefficient (Wildman–Crippen LogP) is 3.96. The monoisotopic (exact) mass is 256 g/mol. The van der Waals surface area contributed by atoms with E-state index in [9.17, 15) is 4.79 Å². The van der Waals surface area contributed by atoms with Crippen molar-refractivity contribution < 1.29 is 4.79 Å². The number of benzene rings is 1. The molecule has 0 aliphatic heterocycles.